The van der Waals surface area contributed by atoms with Crippen LogP contribution in [0.3, 0.4) is 0 Å². The van der Waals surface area contributed by atoms with Gasteiger partial charge in [0.1, 0.15) is 19.3 Å². The molecular weight excluding hydrogens is 1220 g/mol. The molecule has 0 saturated carbocycles. The molecule has 0 aromatic rings. The van der Waals surface area contributed by atoms with E-state index in [0.717, 1.165) is 102 Å². The monoisotopic (exact) mass is 1370 g/mol. The maximum atomic E-state index is 13.1. The summed E-state index contributed by atoms with van der Waals surface area (Å²) in [6.07, 6.45) is 55.4. The third-order valence-electron chi connectivity index (χ3n) is 17.3. The van der Waals surface area contributed by atoms with E-state index in [-0.39, 0.29) is 25.7 Å². The zero-order chi connectivity index (χ0) is 68.4. The second-order valence-electron chi connectivity index (χ2n) is 27.2. The van der Waals surface area contributed by atoms with Gasteiger partial charge in [0, 0.05) is 25.7 Å². The van der Waals surface area contributed by atoms with Crippen molar-refractivity contribution in [2.24, 2.45) is 5.92 Å². The van der Waals surface area contributed by atoms with Crippen molar-refractivity contribution in [2.45, 2.75) is 406 Å². The van der Waals surface area contributed by atoms with Gasteiger partial charge in [-0.15, -0.1) is 0 Å². The number of carbonyl (C=O) groups is 4. The highest BCUT2D eigenvalue weighted by molar-refractivity contribution is 7.47. The molecule has 0 aliphatic heterocycles. The molecule has 3 N–H and O–H groups in total. The van der Waals surface area contributed by atoms with Crippen molar-refractivity contribution in [3.05, 3.63) is 0 Å². The molecule has 0 heterocycles. The van der Waals surface area contributed by atoms with Crippen LogP contribution in [-0.2, 0) is 65.4 Å². The van der Waals surface area contributed by atoms with Crippen LogP contribution in [0.15, 0.2) is 0 Å². The van der Waals surface area contributed by atoms with Gasteiger partial charge in [-0.2, -0.15) is 0 Å². The van der Waals surface area contributed by atoms with E-state index in [4.69, 9.17) is 37.0 Å². The molecular formula is C74H144O17P2. The summed E-state index contributed by atoms with van der Waals surface area (Å²) in [6.45, 7) is 7.28. The van der Waals surface area contributed by atoms with E-state index in [0.29, 0.717) is 25.7 Å². The summed E-state index contributed by atoms with van der Waals surface area (Å²) in [5, 5.41) is 10.6. The highest BCUT2D eigenvalue weighted by Crippen LogP contribution is 2.45. The highest BCUT2D eigenvalue weighted by Gasteiger charge is 2.30. The van der Waals surface area contributed by atoms with Crippen LogP contribution in [0.2, 0.25) is 0 Å². The minimum absolute atomic E-state index is 0.108. The maximum Gasteiger partial charge on any atom is 0.472 e. The van der Waals surface area contributed by atoms with Crippen LogP contribution in [-0.4, -0.2) is 96.7 Å². The Morgan fingerprint density at radius 2 is 0.495 bits per heavy atom. The fraction of sp³-hybridized carbons (Fsp3) is 0.946. The lowest BCUT2D eigenvalue weighted by molar-refractivity contribution is -0.161. The van der Waals surface area contributed by atoms with Crippen LogP contribution in [0.4, 0.5) is 0 Å². The van der Waals surface area contributed by atoms with Crippen LogP contribution < -0.4 is 0 Å². The Hall–Kier alpha value is -1.94. The van der Waals surface area contributed by atoms with E-state index in [9.17, 15) is 43.2 Å². The summed E-state index contributed by atoms with van der Waals surface area (Å²) in [6, 6.07) is 0. The van der Waals surface area contributed by atoms with Crippen LogP contribution in [0.25, 0.3) is 0 Å². The molecule has 5 atom stereocenters. The van der Waals surface area contributed by atoms with Crippen molar-refractivity contribution in [1.82, 2.24) is 0 Å². The molecule has 0 spiro atoms. The number of carbonyl (C=O) groups excluding carboxylic acids is 4. The first-order chi connectivity index (χ1) is 45.0. The zero-order valence-corrected chi connectivity index (χ0v) is 62.2. The fourth-order valence-corrected chi connectivity index (χ4v) is 12.9. The lowest BCUT2D eigenvalue weighted by Crippen LogP contribution is -2.30. The molecule has 17 nitrogen and oxygen atoms in total. The molecule has 0 saturated heterocycles. The van der Waals surface area contributed by atoms with Gasteiger partial charge in [0.15, 0.2) is 12.2 Å². The first kappa shape index (κ1) is 91.1. The fourth-order valence-electron chi connectivity index (χ4n) is 11.4. The van der Waals surface area contributed by atoms with E-state index >= 15 is 0 Å². The molecule has 552 valence electrons. The van der Waals surface area contributed by atoms with Crippen molar-refractivity contribution in [2.75, 3.05) is 39.6 Å². The summed E-state index contributed by atoms with van der Waals surface area (Å²) in [5.74, 6) is -1.32. The molecule has 2 unspecified atom stereocenters. The Morgan fingerprint density at radius 3 is 0.731 bits per heavy atom. The predicted molar refractivity (Wildman–Crippen MR) is 377 cm³/mol. The van der Waals surface area contributed by atoms with Gasteiger partial charge in [-0.25, -0.2) is 9.13 Å². The van der Waals surface area contributed by atoms with Crippen molar-refractivity contribution in [3.63, 3.8) is 0 Å². The summed E-state index contributed by atoms with van der Waals surface area (Å²) in [5.41, 5.74) is 0. The van der Waals surface area contributed by atoms with E-state index < -0.39 is 97.5 Å². The van der Waals surface area contributed by atoms with E-state index in [2.05, 4.69) is 34.6 Å². The smallest absolute Gasteiger partial charge is 0.462 e. The molecule has 19 heteroatoms. The van der Waals surface area contributed by atoms with Crippen molar-refractivity contribution >= 4 is 39.5 Å². The quantitative estimate of drug-likeness (QED) is 0.0222. The van der Waals surface area contributed by atoms with E-state index in [1.807, 2.05) is 0 Å². The number of hydrogen-bond acceptors (Lipinski definition) is 15. The topological polar surface area (TPSA) is 237 Å². The van der Waals surface area contributed by atoms with Gasteiger partial charge in [0.2, 0.25) is 0 Å². The lowest BCUT2D eigenvalue weighted by Gasteiger charge is -2.21. The Kier molecular flexibility index (Phi) is 65.9. The number of aliphatic hydroxyl groups is 1. The van der Waals surface area contributed by atoms with Crippen molar-refractivity contribution < 1.29 is 80.2 Å². The maximum absolute atomic E-state index is 13.1. The summed E-state index contributed by atoms with van der Waals surface area (Å²) in [4.78, 5) is 72.7. The molecule has 0 aromatic heterocycles. The third-order valence-corrected chi connectivity index (χ3v) is 19.2. The molecule has 0 rings (SSSR count). The number of unbranched alkanes of at least 4 members (excludes halogenated alkanes) is 46. The number of ether oxygens (including phenoxy) is 4. The number of hydrogen-bond donors (Lipinski definition) is 3. The summed E-state index contributed by atoms with van der Waals surface area (Å²) >= 11 is 0. The number of rotatable bonds is 74. The largest absolute Gasteiger partial charge is 0.472 e. The first-order valence-corrected chi connectivity index (χ1v) is 41.6. The molecule has 0 amide bonds. The van der Waals surface area contributed by atoms with Crippen LogP contribution in [0.5, 0.6) is 0 Å². The van der Waals surface area contributed by atoms with Gasteiger partial charge < -0.3 is 33.8 Å². The van der Waals surface area contributed by atoms with Gasteiger partial charge in [-0.05, 0) is 31.6 Å². The van der Waals surface area contributed by atoms with Gasteiger partial charge in [0.05, 0.1) is 26.4 Å². The predicted octanol–water partition coefficient (Wildman–Crippen LogP) is 21.7. The Balaban J connectivity index is 5.22. The summed E-state index contributed by atoms with van der Waals surface area (Å²) in [7, 11) is -9.90. The molecule has 93 heavy (non-hydrogen) atoms. The standard InChI is InChI=1S/C74H144O17P2/c1-6-9-12-15-18-21-23-25-26-31-34-38-43-48-53-58-72(77)85-64-70(91-74(79)60-55-50-45-40-36-32-28-27-30-33-37-41-46-51-56-67(4)5)66-89-93(82,83)87-62-68(75)61-86-92(80,81)88-65-69(63-84-71(76)57-52-47-42-20-17-14-11-8-3)90-73(78)59-54-49-44-39-35-29-24-22-19-16-13-10-7-2/h67-70,75H,6-66H2,1-5H3,(H,80,81)(H,82,83)/t68-,69+,70+/m0/s1. The van der Waals surface area contributed by atoms with Gasteiger partial charge >= 0.3 is 39.5 Å². The number of esters is 4. The second kappa shape index (κ2) is 67.3. The number of phosphoric acid groups is 2. The normalized spacial score (nSPS) is 14.0. The molecule has 0 aromatic carbocycles. The lowest BCUT2D eigenvalue weighted by atomic mass is 10.0. The average molecular weight is 1370 g/mol. The van der Waals surface area contributed by atoms with Crippen molar-refractivity contribution in [3.8, 4) is 0 Å². The zero-order valence-electron chi connectivity index (χ0n) is 60.4. The SMILES string of the molecule is CCCCCCCCCCCCCCCCCC(=O)OC[C@H](COP(=O)(O)OC[C@@H](O)COP(=O)(O)OC[C@@H](COC(=O)CCCCCCCCCC)OC(=O)CCCCCCCCCCCCCCC)OC(=O)CCCCCCCCCCCCCCCCC(C)C. The Labute approximate surface area is 568 Å². The minimum Gasteiger partial charge on any atom is -0.462 e. The molecule has 0 fully saturated rings. The molecule has 0 aliphatic carbocycles. The van der Waals surface area contributed by atoms with Crippen LogP contribution in [0, 0.1) is 5.92 Å². The Bertz CT molecular complexity index is 1790. The van der Waals surface area contributed by atoms with Gasteiger partial charge in [0.25, 0.3) is 0 Å². The van der Waals surface area contributed by atoms with Gasteiger partial charge in [-0.3, -0.25) is 37.3 Å². The second-order valence-corrected chi connectivity index (χ2v) is 30.1. The van der Waals surface area contributed by atoms with Crippen LogP contribution >= 0.6 is 15.6 Å². The highest BCUT2D eigenvalue weighted by atomic mass is 31.2. The first-order valence-electron chi connectivity index (χ1n) is 38.6. The molecule has 0 bridgehead atoms. The minimum atomic E-state index is -4.95. The number of aliphatic hydroxyl groups excluding tert-OH is 1. The van der Waals surface area contributed by atoms with E-state index in [1.54, 1.807) is 0 Å². The average Bonchev–Trinajstić information content (AvgIpc) is 3.58. The summed E-state index contributed by atoms with van der Waals surface area (Å²) < 4.78 is 68.4. The van der Waals surface area contributed by atoms with Gasteiger partial charge in [-0.1, -0.05) is 336 Å². The third kappa shape index (κ3) is 68.4. The number of phosphoric ester groups is 2. The van der Waals surface area contributed by atoms with Crippen LogP contribution in [0.1, 0.15) is 388 Å². The molecule has 0 aliphatic rings. The van der Waals surface area contributed by atoms with E-state index in [1.165, 1.54) is 205 Å². The molecule has 0 radical (unpaired) electrons. The Morgan fingerprint density at radius 1 is 0.290 bits per heavy atom. The van der Waals surface area contributed by atoms with Crippen molar-refractivity contribution in [1.29, 1.82) is 0 Å².